The van der Waals surface area contributed by atoms with E-state index < -0.39 is 0 Å². The Balaban J connectivity index is 1.91. The van der Waals surface area contributed by atoms with Gasteiger partial charge in [0.25, 0.3) is 0 Å². The fraction of sp³-hybridized carbons (Fsp3) is 0.500. The Morgan fingerprint density at radius 1 is 1.29 bits per heavy atom. The first-order chi connectivity index (χ1) is 8.15. The van der Waals surface area contributed by atoms with E-state index >= 15 is 0 Å². The second kappa shape index (κ2) is 5.78. The maximum Gasteiger partial charge on any atom is 0.176 e. The van der Waals surface area contributed by atoms with E-state index in [0.717, 1.165) is 29.0 Å². The minimum atomic E-state index is 0.229. The van der Waals surface area contributed by atoms with Crippen molar-refractivity contribution in [2.24, 2.45) is 5.92 Å². The first-order valence-corrected chi connectivity index (χ1v) is 6.95. The van der Waals surface area contributed by atoms with E-state index in [1.807, 2.05) is 24.3 Å². The third kappa shape index (κ3) is 3.65. The number of ketones is 1. The van der Waals surface area contributed by atoms with Crippen molar-refractivity contribution in [3.05, 3.63) is 34.3 Å². The lowest BCUT2D eigenvalue weighted by molar-refractivity contribution is 0.0900. The van der Waals surface area contributed by atoms with Crippen LogP contribution in [-0.2, 0) is 0 Å². The number of piperidine rings is 1. The third-order valence-corrected chi connectivity index (χ3v) is 3.94. The highest BCUT2D eigenvalue weighted by Gasteiger charge is 2.18. The predicted octanol–water partition coefficient (Wildman–Crippen LogP) is 3.36. The standard InChI is InChI=1S/C14H18BrNO/c1-11-6-8-16(9-7-11)10-14(17)12-2-4-13(15)5-3-12/h2-5,11H,6-10H2,1H3. The first kappa shape index (κ1) is 12.8. The molecule has 1 aliphatic heterocycles. The fourth-order valence-electron chi connectivity index (χ4n) is 2.15. The quantitative estimate of drug-likeness (QED) is 0.797. The summed E-state index contributed by atoms with van der Waals surface area (Å²) in [6.07, 6.45) is 2.43. The molecule has 0 aliphatic carbocycles. The van der Waals surface area contributed by atoms with Crippen LogP contribution in [-0.4, -0.2) is 30.3 Å². The zero-order valence-electron chi connectivity index (χ0n) is 10.2. The van der Waals surface area contributed by atoms with Crippen molar-refractivity contribution in [1.82, 2.24) is 4.90 Å². The summed E-state index contributed by atoms with van der Waals surface area (Å²) in [5.74, 6) is 1.04. The van der Waals surface area contributed by atoms with Gasteiger partial charge in [-0.1, -0.05) is 35.0 Å². The molecule has 0 unspecified atom stereocenters. The van der Waals surface area contributed by atoms with Gasteiger partial charge >= 0.3 is 0 Å². The maximum absolute atomic E-state index is 12.0. The topological polar surface area (TPSA) is 20.3 Å². The molecule has 0 radical (unpaired) electrons. The second-order valence-electron chi connectivity index (χ2n) is 4.89. The van der Waals surface area contributed by atoms with Crippen molar-refractivity contribution in [1.29, 1.82) is 0 Å². The van der Waals surface area contributed by atoms with Crippen molar-refractivity contribution in [3.8, 4) is 0 Å². The molecule has 1 aromatic carbocycles. The normalized spacial score (nSPS) is 18.2. The fourth-order valence-corrected chi connectivity index (χ4v) is 2.41. The largest absolute Gasteiger partial charge is 0.296 e. The Labute approximate surface area is 111 Å². The van der Waals surface area contributed by atoms with Gasteiger partial charge in [0.2, 0.25) is 0 Å². The molecular weight excluding hydrogens is 278 g/mol. The SMILES string of the molecule is CC1CCN(CC(=O)c2ccc(Br)cc2)CC1. The molecule has 1 heterocycles. The molecule has 3 heteroatoms. The summed E-state index contributed by atoms with van der Waals surface area (Å²) in [6, 6.07) is 7.62. The van der Waals surface area contributed by atoms with E-state index in [4.69, 9.17) is 0 Å². The van der Waals surface area contributed by atoms with Gasteiger partial charge in [0.05, 0.1) is 6.54 Å². The van der Waals surface area contributed by atoms with Gasteiger partial charge in [-0.15, -0.1) is 0 Å². The van der Waals surface area contributed by atoms with Crippen LogP contribution in [0, 0.1) is 5.92 Å². The van der Waals surface area contributed by atoms with Gasteiger partial charge in [-0.2, -0.15) is 0 Å². The monoisotopic (exact) mass is 295 g/mol. The van der Waals surface area contributed by atoms with E-state index in [2.05, 4.69) is 27.8 Å². The van der Waals surface area contributed by atoms with E-state index in [0.29, 0.717) is 6.54 Å². The van der Waals surface area contributed by atoms with Gasteiger partial charge in [-0.25, -0.2) is 0 Å². The lowest BCUT2D eigenvalue weighted by atomic mass is 9.99. The van der Waals surface area contributed by atoms with Crippen molar-refractivity contribution in [2.45, 2.75) is 19.8 Å². The van der Waals surface area contributed by atoms with Crippen LogP contribution in [0.25, 0.3) is 0 Å². The van der Waals surface area contributed by atoms with Crippen LogP contribution < -0.4 is 0 Å². The van der Waals surface area contributed by atoms with Crippen molar-refractivity contribution in [3.63, 3.8) is 0 Å². The Kier molecular flexibility index (Phi) is 4.35. The minimum Gasteiger partial charge on any atom is -0.296 e. The average molecular weight is 296 g/mol. The molecule has 0 saturated carbocycles. The molecule has 0 N–H and O–H groups in total. The van der Waals surface area contributed by atoms with E-state index in [1.165, 1.54) is 12.8 Å². The van der Waals surface area contributed by atoms with Gasteiger partial charge < -0.3 is 0 Å². The molecule has 0 spiro atoms. The van der Waals surface area contributed by atoms with Crippen LogP contribution >= 0.6 is 15.9 Å². The van der Waals surface area contributed by atoms with Crippen LogP contribution in [0.2, 0.25) is 0 Å². The van der Waals surface area contributed by atoms with Crippen molar-refractivity contribution in [2.75, 3.05) is 19.6 Å². The number of rotatable bonds is 3. The van der Waals surface area contributed by atoms with Gasteiger partial charge in [-0.3, -0.25) is 9.69 Å². The molecular formula is C14H18BrNO. The molecule has 0 atom stereocenters. The summed E-state index contributed by atoms with van der Waals surface area (Å²) in [6.45, 7) is 4.97. The number of hydrogen-bond acceptors (Lipinski definition) is 2. The van der Waals surface area contributed by atoms with Gasteiger partial charge in [-0.05, 0) is 44.0 Å². The summed E-state index contributed by atoms with van der Waals surface area (Å²) in [4.78, 5) is 14.3. The molecule has 1 aliphatic rings. The highest BCUT2D eigenvalue weighted by Crippen LogP contribution is 2.17. The summed E-state index contributed by atoms with van der Waals surface area (Å²) in [5.41, 5.74) is 0.812. The average Bonchev–Trinajstić information content (AvgIpc) is 2.33. The summed E-state index contributed by atoms with van der Waals surface area (Å²) >= 11 is 3.38. The molecule has 2 nitrogen and oxygen atoms in total. The van der Waals surface area contributed by atoms with Gasteiger partial charge in [0, 0.05) is 10.0 Å². The Morgan fingerprint density at radius 2 is 1.88 bits per heavy atom. The number of benzene rings is 1. The Bertz CT molecular complexity index is 380. The molecule has 0 amide bonds. The first-order valence-electron chi connectivity index (χ1n) is 6.16. The summed E-state index contributed by atoms with van der Waals surface area (Å²) in [7, 11) is 0. The third-order valence-electron chi connectivity index (χ3n) is 3.41. The Hall–Kier alpha value is -0.670. The smallest absolute Gasteiger partial charge is 0.176 e. The van der Waals surface area contributed by atoms with Crippen LogP contribution in [0.1, 0.15) is 30.1 Å². The van der Waals surface area contributed by atoms with Gasteiger partial charge in [0.15, 0.2) is 5.78 Å². The van der Waals surface area contributed by atoms with Gasteiger partial charge in [0.1, 0.15) is 0 Å². The van der Waals surface area contributed by atoms with E-state index in [-0.39, 0.29) is 5.78 Å². The van der Waals surface area contributed by atoms with Crippen molar-refractivity contribution < 1.29 is 4.79 Å². The lowest BCUT2D eigenvalue weighted by Crippen LogP contribution is -2.36. The van der Waals surface area contributed by atoms with Crippen LogP contribution in [0.4, 0.5) is 0 Å². The van der Waals surface area contributed by atoms with E-state index in [1.54, 1.807) is 0 Å². The number of Topliss-reactive ketones (excluding diaryl/α,β-unsaturated/α-hetero) is 1. The number of carbonyl (C=O) groups excluding carboxylic acids is 1. The molecule has 0 bridgehead atoms. The highest BCUT2D eigenvalue weighted by atomic mass is 79.9. The summed E-state index contributed by atoms with van der Waals surface area (Å²) < 4.78 is 1.01. The molecule has 0 aromatic heterocycles. The van der Waals surface area contributed by atoms with E-state index in [9.17, 15) is 4.79 Å². The molecule has 17 heavy (non-hydrogen) atoms. The highest BCUT2D eigenvalue weighted by molar-refractivity contribution is 9.10. The zero-order valence-corrected chi connectivity index (χ0v) is 11.7. The zero-order chi connectivity index (χ0) is 12.3. The number of halogens is 1. The summed E-state index contributed by atoms with van der Waals surface area (Å²) in [5, 5.41) is 0. The molecule has 1 saturated heterocycles. The number of hydrogen-bond donors (Lipinski definition) is 0. The lowest BCUT2D eigenvalue weighted by Gasteiger charge is -2.29. The van der Waals surface area contributed by atoms with Crippen molar-refractivity contribution >= 4 is 21.7 Å². The Morgan fingerprint density at radius 3 is 2.47 bits per heavy atom. The second-order valence-corrected chi connectivity index (χ2v) is 5.80. The molecule has 2 rings (SSSR count). The van der Waals surface area contributed by atoms with Crippen LogP contribution in [0.5, 0.6) is 0 Å². The number of carbonyl (C=O) groups is 1. The molecule has 1 aromatic rings. The minimum absolute atomic E-state index is 0.229. The number of nitrogens with zero attached hydrogens (tertiary/aromatic N) is 1. The maximum atomic E-state index is 12.0. The predicted molar refractivity (Wildman–Crippen MR) is 73.3 cm³/mol. The molecule has 1 fully saturated rings. The molecule has 92 valence electrons. The number of likely N-dealkylation sites (tertiary alicyclic amines) is 1. The van der Waals surface area contributed by atoms with Crippen LogP contribution in [0.15, 0.2) is 28.7 Å². The van der Waals surface area contributed by atoms with Crippen LogP contribution in [0.3, 0.4) is 0 Å².